The van der Waals surface area contributed by atoms with Crippen LogP contribution in [0.3, 0.4) is 0 Å². The van der Waals surface area contributed by atoms with Gasteiger partial charge in [-0.15, -0.1) is 17.5 Å². The van der Waals surface area contributed by atoms with E-state index in [2.05, 4.69) is 15.6 Å². The first-order valence-corrected chi connectivity index (χ1v) is 7.59. The molecule has 3 rings (SSSR count). The number of rotatable bonds is 2. The molecule has 1 aliphatic rings. The van der Waals surface area contributed by atoms with Crippen molar-refractivity contribution in [2.45, 2.75) is 26.8 Å². The molecule has 1 N–H and O–H groups in total. The fraction of sp³-hybridized carbons (Fsp3) is 0.438. The Balaban J connectivity index is 0.00000192. The van der Waals surface area contributed by atoms with Gasteiger partial charge in [0.05, 0.1) is 11.4 Å². The Bertz CT molecular complexity index is 700. The molecule has 1 fully saturated rings. The molecule has 1 atom stereocenters. The number of hydrogen-bond donors (Lipinski definition) is 1. The molecular weight excluding hydrogens is 314 g/mol. The maximum atomic E-state index is 12.7. The van der Waals surface area contributed by atoms with Gasteiger partial charge >= 0.3 is 0 Å². The monoisotopic (exact) mass is 335 g/mol. The molecule has 1 aliphatic heterocycles. The number of hydrogen-bond acceptors (Lipinski definition) is 4. The molecule has 1 aromatic heterocycles. The summed E-state index contributed by atoms with van der Waals surface area (Å²) >= 11 is 0. The van der Waals surface area contributed by atoms with Gasteiger partial charge in [-0.1, -0.05) is 17.3 Å². The molecule has 23 heavy (non-hydrogen) atoms. The van der Waals surface area contributed by atoms with Crippen LogP contribution in [-0.4, -0.2) is 51.5 Å². The highest BCUT2D eigenvalue weighted by atomic mass is 35.5. The summed E-state index contributed by atoms with van der Waals surface area (Å²) in [4.78, 5) is 14.6. The first-order chi connectivity index (χ1) is 10.6. The van der Waals surface area contributed by atoms with Crippen molar-refractivity contribution in [1.82, 2.24) is 25.2 Å². The van der Waals surface area contributed by atoms with E-state index in [9.17, 15) is 4.79 Å². The van der Waals surface area contributed by atoms with Crippen LogP contribution in [0.4, 0.5) is 0 Å². The third-order valence-corrected chi connectivity index (χ3v) is 4.11. The fourth-order valence-electron chi connectivity index (χ4n) is 2.81. The van der Waals surface area contributed by atoms with Crippen LogP contribution in [0.15, 0.2) is 24.3 Å². The molecule has 0 spiro atoms. The Morgan fingerprint density at radius 1 is 1.35 bits per heavy atom. The molecule has 1 saturated heterocycles. The van der Waals surface area contributed by atoms with E-state index in [1.54, 1.807) is 4.68 Å². The summed E-state index contributed by atoms with van der Waals surface area (Å²) in [5, 5.41) is 11.6. The molecule has 0 radical (unpaired) electrons. The van der Waals surface area contributed by atoms with E-state index >= 15 is 0 Å². The molecule has 6 nitrogen and oxygen atoms in total. The van der Waals surface area contributed by atoms with Gasteiger partial charge in [0.15, 0.2) is 5.69 Å². The summed E-state index contributed by atoms with van der Waals surface area (Å²) in [6.07, 6.45) is 0. The zero-order valence-electron chi connectivity index (χ0n) is 13.6. The van der Waals surface area contributed by atoms with Crippen LogP contribution in [0, 0.1) is 13.8 Å². The predicted octanol–water partition coefficient (Wildman–Crippen LogP) is 1.74. The van der Waals surface area contributed by atoms with E-state index in [0.29, 0.717) is 12.2 Å². The molecular formula is C16H22ClN5O. The number of halogens is 1. The molecule has 0 unspecified atom stereocenters. The minimum absolute atomic E-state index is 0. The summed E-state index contributed by atoms with van der Waals surface area (Å²) < 4.78 is 1.73. The molecule has 7 heteroatoms. The van der Waals surface area contributed by atoms with Crippen LogP contribution >= 0.6 is 12.4 Å². The van der Waals surface area contributed by atoms with Crippen LogP contribution in [0.1, 0.15) is 28.7 Å². The van der Waals surface area contributed by atoms with Crippen LogP contribution in [0.25, 0.3) is 5.69 Å². The van der Waals surface area contributed by atoms with Crippen LogP contribution in [0.5, 0.6) is 0 Å². The first kappa shape index (κ1) is 17.4. The molecule has 2 aromatic rings. The number of carbonyl (C=O) groups excluding carboxylic acids is 1. The maximum Gasteiger partial charge on any atom is 0.276 e. The summed E-state index contributed by atoms with van der Waals surface area (Å²) in [7, 11) is 0. The number of aromatic nitrogens is 3. The van der Waals surface area contributed by atoms with Gasteiger partial charge < -0.3 is 10.2 Å². The van der Waals surface area contributed by atoms with Crippen LogP contribution in [0.2, 0.25) is 0 Å². The second kappa shape index (κ2) is 7.10. The lowest BCUT2D eigenvalue weighted by Crippen LogP contribution is -2.52. The molecule has 1 aromatic carbocycles. The molecule has 124 valence electrons. The Morgan fingerprint density at radius 2 is 2.13 bits per heavy atom. The number of amides is 1. The largest absolute Gasteiger partial charge is 0.332 e. The number of nitrogens with zero attached hydrogens (tertiary/aromatic N) is 4. The second-order valence-corrected chi connectivity index (χ2v) is 5.83. The van der Waals surface area contributed by atoms with Gasteiger partial charge in [-0.3, -0.25) is 4.79 Å². The smallest absolute Gasteiger partial charge is 0.276 e. The average molecular weight is 336 g/mol. The van der Waals surface area contributed by atoms with E-state index < -0.39 is 0 Å². The fourth-order valence-corrected chi connectivity index (χ4v) is 2.81. The van der Waals surface area contributed by atoms with E-state index in [0.717, 1.165) is 30.0 Å². The summed E-state index contributed by atoms with van der Waals surface area (Å²) in [6.45, 7) is 8.31. The minimum atomic E-state index is -0.0367. The number of benzene rings is 1. The Kier molecular flexibility index (Phi) is 5.38. The van der Waals surface area contributed by atoms with Crippen LogP contribution < -0.4 is 5.32 Å². The zero-order chi connectivity index (χ0) is 15.7. The topological polar surface area (TPSA) is 63.1 Å². The van der Waals surface area contributed by atoms with E-state index in [1.165, 1.54) is 0 Å². The van der Waals surface area contributed by atoms with E-state index in [-0.39, 0.29) is 24.4 Å². The Labute approximate surface area is 142 Å². The summed E-state index contributed by atoms with van der Waals surface area (Å²) in [5.74, 6) is -0.0367. The molecule has 0 bridgehead atoms. The molecule has 1 amide bonds. The van der Waals surface area contributed by atoms with Gasteiger partial charge in [0, 0.05) is 25.7 Å². The number of nitrogens with one attached hydrogen (secondary N) is 1. The Morgan fingerprint density at radius 3 is 2.83 bits per heavy atom. The van der Waals surface area contributed by atoms with Gasteiger partial charge in [-0.25, -0.2) is 4.68 Å². The standard InChI is InChI=1S/C16H21N5O.ClH/c1-11-5-4-6-14(9-11)21-13(3)15(18-19-21)16(22)20-8-7-17-10-12(20)2;/h4-6,9,12,17H,7-8,10H2,1-3H3;1H/t12-;/m0./s1. The van der Waals surface area contributed by atoms with Crippen molar-refractivity contribution in [1.29, 1.82) is 0 Å². The number of carbonyl (C=O) groups is 1. The van der Waals surface area contributed by atoms with Crippen LogP contribution in [-0.2, 0) is 0 Å². The van der Waals surface area contributed by atoms with Gasteiger partial charge in [0.1, 0.15) is 0 Å². The highest BCUT2D eigenvalue weighted by molar-refractivity contribution is 5.93. The lowest BCUT2D eigenvalue weighted by molar-refractivity contribution is 0.0649. The van der Waals surface area contributed by atoms with Gasteiger partial charge in [0.2, 0.25) is 0 Å². The van der Waals surface area contributed by atoms with Gasteiger partial charge in [-0.2, -0.15) is 0 Å². The third-order valence-electron chi connectivity index (χ3n) is 4.11. The molecule has 2 heterocycles. The highest BCUT2D eigenvalue weighted by Crippen LogP contribution is 2.16. The van der Waals surface area contributed by atoms with Crippen molar-refractivity contribution < 1.29 is 4.79 Å². The molecule has 0 saturated carbocycles. The summed E-state index contributed by atoms with van der Waals surface area (Å²) in [6, 6.07) is 8.18. The molecule has 0 aliphatic carbocycles. The lowest BCUT2D eigenvalue weighted by atomic mass is 10.2. The van der Waals surface area contributed by atoms with E-state index in [1.807, 2.05) is 49.9 Å². The predicted molar refractivity (Wildman–Crippen MR) is 91.4 cm³/mol. The van der Waals surface area contributed by atoms with E-state index in [4.69, 9.17) is 0 Å². The lowest BCUT2D eigenvalue weighted by Gasteiger charge is -2.33. The Hall–Kier alpha value is -1.92. The third kappa shape index (κ3) is 3.38. The van der Waals surface area contributed by atoms with Crippen molar-refractivity contribution >= 4 is 18.3 Å². The van der Waals surface area contributed by atoms with Crippen molar-refractivity contribution in [3.8, 4) is 5.69 Å². The van der Waals surface area contributed by atoms with Crippen molar-refractivity contribution in [3.63, 3.8) is 0 Å². The maximum absolute atomic E-state index is 12.7. The quantitative estimate of drug-likeness (QED) is 0.908. The van der Waals surface area contributed by atoms with Gasteiger partial charge in [-0.05, 0) is 38.5 Å². The minimum Gasteiger partial charge on any atom is -0.332 e. The SMILES string of the molecule is Cc1cccc(-n2nnc(C(=O)N3CCNC[C@@H]3C)c2C)c1.Cl. The average Bonchev–Trinajstić information content (AvgIpc) is 2.89. The number of aryl methyl sites for hydroxylation is 1. The second-order valence-electron chi connectivity index (χ2n) is 5.83. The first-order valence-electron chi connectivity index (χ1n) is 7.59. The van der Waals surface area contributed by atoms with Crippen molar-refractivity contribution in [3.05, 3.63) is 41.2 Å². The number of piperazine rings is 1. The zero-order valence-corrected chi connectivity index (χ0v) is 14.4. The summed E-state index contributed by atoms with van der Waals surface area (Å²) in [5.41, 5.74) is 3.30. The van der Waals surface area contributed by atoms with Gasteiger partial charge in [0.25, 0.3) is 5.91 Å². The highest BCUT2D eigenvalue weighted by Gasteiger charge is 2.28. The normalized spacial score (nSPS) is 17.7. The van der Waals surface area contributed by atoms with Crippen molar-refractivity contribution in [2.24, 2.45) is 0 Å². The van der Waals surface area contributed by atoms with Crippen molar-refractivity contribution in [2.75, 3.05) is 19.6 Å².